The number of anilines is 1. The van der Waals surface area contributed by atoms with E-state index in [1.165, 1.54) is 0 Å². The Morgan fingerprint density at radius 2 is 2.16 bits per heavy atom. The highest BCUT2D eigenvalue weighted by Gasteiger charge is 2.18. The smallest absolute Gasteiger partial charge is 0.234 e. The average molecular weight is 369 g/mol. The number of thiazole rings is 1. The normalized spacial score (nSPS) is 16.2. The van der Waals surface area contributed by atoms with Crippen molar-refractivity contribution in [3.8, 4) is 0 Å². The number of aryl methyl sites for hydroxylation is 1. The molecule has 0 spiro atoms. The van der Waals surface area contributed by atoms with Crippen LogP contribution in [0.1, 0.15) is 32.4 Å². The van der Waals surface area contributed by atoms with Crippen LogP contribution in [0.15, 0.2) is 5.38 Å². The first-order valence-corrected chi connectivity index (χ1v) is 10.2. The fraction of sp³-hybridized carbons (Fsp3) is 0.778. The number of hydrogen-bond donors (Lipinski definition) is 1. The van der Waals surface area contributed by atoms with E-state index in [2.05, 4.69) is 39.3 Å². The average Bonchev–Trinajstić information content (AvgIpc) is 2.86. The van der Waals surface area contributed by atoms with Crippen LogP contribution in [-0.4, -0.2) is 68.3 Å². The number of hydrogen-bond acceptors (Lipinski definition) is 6. The number of aromatic nitrogens is 1. The Morgan fingerprint density at radius 1 is 1.32 bits per heavy atom. The van der Waals surface area contributed by atoms with E-state index in [0.29, 0.717) is 25.6 Å². The predicted octanol–water partition coefficient (Wildman–Crippen LogP) is 2.14. The zero-order valence-corrected chi connectivity index (χ0v) is 16.6. The van der Waals surface area contributed by atoms with Crippen LogP contribution in [0.3, 0.4) is 0 Å². The summed E-state index contributed by atoms with van der Waals surface area (Å²) in [6.07, 6.45) is 2.13. The van der Waals surface area contributed by atoms with Gasteiger partial charge in [-0.25, -0.2) is 4.98 Å². The number of nitrogens with one attached hydrogen (secondary N) is 1. The molecule has 1 saturated heterocycles. The summed E-state index contributed by atoms with van der Waals surface area (Å²) in [5.41, 5.74) is 1.08. The lowest BCUT2D eigenvalue weighted by Crippen LogP contribution is -2.40. The van der Waals surface area contributed by atoms with Crippen molar-refractivity contribution in [2.75, 3.05) is 57.4 Å². The summed E-state index contributed by atoms with van der Waals surface area (Å²) in [6.45, 7) is 12.6. The summed E-state index contributed by atoms with van der Waals surface area (Å²) in [4.78, 5) is 21.2. The molecule has 0 aromatic carbocycles. The highest BCUT2D eigenvalue weighted by atomic mass is 32.1. The molecular weight excluding hydrogens is 336 g/mol. The predicted molar refractivity (Wildman–Crippen MR) is 103 cm³/mol. The van der Waals surface area contributed by atoms with E-state index >= 15 is 0 Å². The van der Waals surface area contributed by atoms with Crippen LogP contribution in [-0.2, 0) is 9.53 Å². The molecule has 25 heavy (non-hydrogen) atoms. The minimum absolute atomic E-state index is 0.0889. The van der Waals surface area contributed by atoms with Crippen LogP contribution in [0, 0.1) is 12.8 Å². The Balaban J connectivity index is 1.61. The number of amides is 1. The zero-order valence-electron chi connectivity index (χ0n) is 15.8. The first-order chi connectivity index (χ1) is 12.0. The minimum Gasteiger partial charge on any atom is -0.380 e. The molecule has 1 N–H and O–H groups in total. The summed E-state index contributed by atoms with van der Waals surface area (Å²) in [7, 11) is 0. The third-order valence-corrected chi connectivity index (χ3v) is 5.26. The lowest BCUT2D eigenvalue weighted by atomic mass is 10.1. The van der Waals surface area contributed by atoms with Crippen molar-refractivity contribution in [2.45, 2.75) is 33.6 Å². The Labute approximate surface area is 155 Å². The monoisotopic (exact) mass is 368 g/mol. The Hall–Kier alpha value is -1.18. The van der Waals surface area contributed by atoms with Crippen LogP contribution < -0.4 is 10.2 Å². The van der Waals surface area contributed by atoms with Crippen molar-refractivity contribution in [3.63, 3.8) is 0 Å². The van der Waals surface area contributed by atoms with Gasteiger partial charge in [0.15, 0.2) is 5.13 Å². The van der Waals surface area contributed by atoms with Gasteiger partial charge in [0.25, 0.3) is 0 Å². The van der Waals surface area contributed by atoms with Crippen LogP contribution in [0.2, 0.25) is 0 Å². The molecule has 1 aliphatic rings. The molecule has 1 aliphatic heterocycles. The molecular formula is C18H32N4O2S. The molecule has 2 rings (SSSR count). The van der Waals surface area contributed by atoms with Gasteiger partial charge in [-0.3, -0.25) is 9.69 Å². The molecule has 1 aromatic rings. The van der Waals surface area contributed by atoms with E-state index < -0.39 is 0 Å². The number of nitrogens with zero attached hydrogens (tertiary/aromatic N) is 3. The van der Waals surface area contributed by atoms with E-state index in [1.54, 1.807) is 11.3 Å². The molecule has 0 unspecified atom stereocenters. The molecule has 1 fully saturated rings. The maximum Gasteiger partial charge on any atom is 0.234 e. The summed E-state index contributed by atoms with van der Waals surface area (Å²) < 4.78 is 5.53. The highest BCUT2D eigenvalue weighted by molar-refractivity contribution is 7.13. The first kappa shape index (κ1) is 20.1. The quantitative estimate of drug-likeness (QED) is 0.677. The summed E-state index contributed by atoms with van der Waals surface area (Å²) in [6, 6.07) is 0. The summed E-state index contributed by atoms with van der Waals surface area (Å²) >= 11 is 1.70. The number of ether oxygens (including phenoxy) is 1. The largest absolute Gasteiger partial charge is 0.380 e. The van der Waals surface area contributed by atoms with Gasteiger partial charge in [0.2, 0.25) is 5.91 Å². The third-order valence-electron chi connectivity index (χ3n) is 4.24. The van der Waals surface area contributed by atoms with E-state index in [0.717, 1.165) is 56.5 Å². The molecule has 0 radical (unpaired) electrons. The first-order valence-electron chi connectivity index (χ1n) is 9.28. The van der Waals surface area contributed by atoms with Gasteiger partial charge in [-0.05, 0) is 25.7 Å². The fourth-order valence-corrected chi connectivity index (χ4v) is 3.61. The standard InChI is InChI=1S/C18H32N4O2S/c1-15(2)5-11-24-12-6-19-17(23)13-21-7-4-8-22(10-9-21)18-20-16(3)14-25-18/h14-15H,4-13H2,1-3H3,(H,19,23). The SMILES string of the molecule is Cc1csc(N2CCCN(CC(=O)NCCOCCC(C)C)CC2)n1. The molecule has 142 valence electrons. The summed E-state index contributed by atoms with van der Waals surface area (Å²) in [5.74, 6) is 0.747. The molecule has 0 aliphatic carbocycles. The van der Waals surface area contributed by atoms with E-state index in [9.17, 15) is 4.79 Å². The lowest BCUT2D eigenvalue weighted by molar-refractivity contribution is -0.122. The van der Waals surface area contributed by atoms with Gasteiger partial charge in [0.05, 0.1) is 18.8 Å². The Bertz CT molecular complexity index is 521. The van der Waals surface area contributed by atoms with E-state index in [-0.39, 0.29) is 5.91 Å². The molecule has 0 saturated carbocycles. The van der Waals surface area contributed by atoms with Gasteiger partial charge in [-0.2, -0.15) is 0 Å². The van der Waals surface area contributed by atoms with Crippen LogP contribution >= 0.6 is 11.3 Å². The molecule has 7 heteroatoms. The van der Waals surface area contributed by atoms with Crippen molar-refractivity contribution in [1.29, 1.82) is 0 Å². The zero-order chi connectivity index (χ0) is 18.1. The van der Waals surface area contributed by atoms with E-state index in [1.807, 2.05) is 6.92 Å². The maximum absolute atomic E-state index is 12.1. The third kappa shape index (κ3) is 7.71. The molecule has 1 aromatic heterocycles. The fourth-order valence-electron chi connectivity index (χ4n) is 2.75. The van der Waals surface area contributed by atoms with Crippen LogP contribution in [0.5, 0.6) is 0 Å². The second kappa shape index (κ2) is 10.7. The van der Waals surface area contributed by atoms with Crippen molar-refractivity contribution in [1.82, 2.24) is 15.2 Å². The minimum atomic E-state index is 0.0889. The van der Waals surface area contributed by atoms with Gasteiger partial charge in [-0.1, -0.05) is 13.8 Å². The molecule has 0 bridgehead atoms. The van der Waals surface area contributed by atoms with Crippen LogP contribution in [0.25, 0.3) is 0 Å². The van der Waals surface area contributed by atoms with Crippen LogP contribution in [0.4, 0.5) is 5.13 Å². The van der Waals surface area contributed by atoms with Gasteiger partial charge < -0.3 is 15.0 Å². The summed E-state index contributed by atoms with van der Waals surface area (Å²) in [5, 5.41) is 6.15. The van der Waals surface area contributed by atoms with Gasteiger partial charge in [0, 0.05) is 44.7 Å². The molecule has 6 nitrogen and oxygen atoms in total. The topological polar surface area (TPSA) is 57.7 Å². The van der Waals surface area contributed by atoms with Gasteiger partial charge in [-0.15, -0.1) is 11.3 Å². The maximum atomic E-state index is 12.1. The van der Waals surface area contributed by atoms with Gasteiger partial charge >= 0.3 is 0 Å². The van der Waals surface area contributed by atoms with Crippen molar-refractivity contribution in [3.05, 3.63) is 11.1 Å². The number of carbonyl (C=O) groups is 1. The van der Waals surface area contributed by atoms with Crippen molar-refractivity contribution in [2.24, 2.45) is 5.92 Å². The van der Waals surface area contributed by atoms with Crippen molar-refractivity contribution < 1.29 is 9.53 Å². The van der Waals surface area contributed by atoms with Gasteiger partial charge in [0.1, 0.15) is 0 Å². The molecule has 0 atom stereocenters. The number of carbonyl (C=O) groups excluding carboxylic acids is 1. The Kier molecular flexibility index (Phi) is 8.64. The molecule has 1 amide bonds. The number of rotatable bonds is 9. The lowest BCUT2D eigenvalue weighted by Gasteiger charge is -2.21. The molecule has 2 heterocycles. The van der Waals surface area contributed by atoms with Crippen molar-refractivity contribution >= 4 is 22.4 Å². The van der Waals surface area contributed by atoms with E-state index in [4.69, 9.17) is 4.74 Å². The second-order valence-corrected chi connectivity index (χ2v) is 7.87. The Morgan fingerprint density at radius 3 is 2.88 bits per heavy atom. The highest BCUT2D eigenvalue weighted by Crippen LogP contribution is 2.21. The second-order valence-electron chi connectivity index (χ2n) is 7.03.